The average molecular weight is 569 g/mol. The van der Waals surface area contributed by atoms with Crippen molar-refractivity contribution in [2.45, 2.75) is 13.0 Å². The quantitative estimate of drug-likeness (QED) is 0.340. The molecule has 3 aliphatic heterocycles. The van der Waals surface area contributed by atoms with Gasteiger partial charge in [-0.2, -0.15) is 0 Å². The van der Waals surface area contributed by atoms with Gasteiger partial charge in [-0.25, -0.2) is 9.79 Å². The summed E-state index contributed by atoms with van der Waals surface area (Å²) in [5, 5.41) is 0. The van der Waals surface area contributed by atoms with Crippen molar-refractivity contribution in [1.82, 2.24) is 4.57 Å². The minimum Gasteiger partial charge on any atom is -0.486 e. The maximum Gasteiger partial charge on any atom is 0.338 e. The Labute approximate surface area is 238 Å². The Morgan fingerprint density at radius 2 is 1.71 bits per heavy atom. The van der Waals surface area contributed by atoms with Gasteiger partial charge < -0.3 is 23.7 Å². The topological polar surface area (TPSA) is 97.6 Å². The molecule has 41 heavy (non-hydrogen) atoms. The highest BCUT2D eigenvalue weighted by Gasteiger charge is 2.36. The third kappa shape index (κ3) is 4.46. The van der Waals surface area contributed by atoms with Crippen LogP contribution in [-0.4, -0.2) is 37.1 Å². The number of thiazole rings is 1. The van der Waals surface area contributed by atoms with Crippen molar-refractivity contribution < 1.29 is 28.5 Å². The van der Waals surface area contributed by atoms with Crippen molar-refractivity contribution in [2.75, 3.05) is 26.6 Å². The first kappa shape index (κ1) is 25.2. The van der Waals surface area contributed by atoms with Crippen LogP contribution in [0.1, 0.15) is 29.7 Å². The molecule has 0 saturated carbocycles. The van der Waals surface area contributed by atoms with Crippen LogP contribution >= 0.6 is 11.3 Å². The lowest BCUT2D eigenvalue weighted by Crippen LogP contribution is -2.40. The monoisotopic (exact) mass is 568 g/mol. The van der Waals surface area contributed by atoms with Crippen LogP contribution < -0.4 is 33.8 Å². The Balaban J connectivity index is 1.47. The van der Waals surface area contributed by atoms with Crippen LogP contribution in [0.3, 0.4) is 0 Å². The minimum atomic E-state index is -0.808. The summed E-state index contributed by atoms with van der Waals surface area (Å²) in [6.45, 7) is 2.99. The molecule has 9 nitrogen and oxygen atoms in total. The predicted octanol–water partition coefficient (Wildman–Crippen LogP) is 3.44. The molecule has 0 aliphatic carbocycles. The molecule has 4 heterocycles. The Kier molecular flexibility index (Phi) is 6.31. The Morgan fingerprint density at radius 3 is 2.54 bits per heavy atom. The fourth-order valence-corrected chi connectivity index (χ4v) is 6.14. The van der Waals surface area contributed by atoms with E-state index in [1.54, 1.807) is 29.7 Å². The van der Waals surface area contributed by atoms with Gasteiger partial charge in [-0.05, 0) is 48.4 Å². The van der Waals surface area contributed by atoms with E-state index in [1.165, 1.54) is 11.3 Å². The molecule has 1 atom stereocenters. The van der Waals surface area contributed by atoms with Crippen molar-refractivity contribution in [3.8, 4) is 23.0 Å². The zero-order valence-electron chi connectivity index (χ0n) is 22.0. The maximum atomic E-state index is 14.1. The standard InChI is InChI=1S/C31H24N2O7S/c1-2-36-30(35)26-27(19-6-4-3-5-7-19)32-31-33(28(26)20-9-11-22-24(16-20)40-17-39-22)29(34)25(41-31)15-18-8-10-21-23(14-18)38-13-12-37-21/h3-11,14-16,28H,2,12-13,17H2,1H3/t28-/m0/s1. The van der Waals surface area contributed by atoms with Gasteiger partial charge in [0, 0.05) is 5.56 Å². The number of aromatic nitrogens is 1. The number of carbonyl (C=O) groups is 1. The lowest BCUT2D eigenvalue weighted by Gasteiger charge is -2.26. The van der Waals surface area contributed by atoms with Gasteiger partial charge in [0.1, 0.15) is 13.2 Å². The van der Waals surface area contributed by atoms with Crippen molar-refractivity contribution in [2.24, 2.45) is 4.99 Å². The number of nitrogens with zero attached hydrogens (tertiary/aromatic N) is 2. The van der Waals surface area contributed by atoms with Gasteiger partial charge in [-0.3, -0.25) is 9.36 Å². The number of fused-ring (bicyclic) bond motifs is 3. The highest BCUT2D eigenvalue weighted by molar-refractivity contribution is 7.07. The second-order valence-electron chi connectivity index (χ2n) is 9.45. The van der Waals surface area contributed by atoms with Crippen LogP contribution in [-0.2, 0) is 9.53 Å². The van der Waals surface area contributed by atoms with Crippen molar-refractivity contribution in [1.29, 1.82) is 0 Å². The zero-order chi connectivity index (χ0) is 27.9. The number of hydrogen-bond donors (Lipinski definition) is 0. The average Bonchev–Trinajstić information content (AvgIpc) is 3.60. The van der Waals surface area contributed by atoms with Crippen LogP contribution in [0.4, 0.5) is 0 Å². The van der Waals surface area contributed by atoms with Gasteiger partial charge in [0.15, 0.2) is 27.8 Å². The Hall–Kier alpha value is -4.83. The highest BCUT2D eigenvalue weighted by atomic mass is 32.1. The van der Waals surface area contributed by atoms with Gasteiger partial charge in [0.2, 0.25) is 6.79 Å². The number of ether oxygens (including phenoxy) is 5. The van der Waals surface area contributed by atoms with E-state index in [2.05, 4.69) is 0 Å². The Morgan fingerprint density at radius 1 is 0.976 bits per heavy atom. The lowest BCUT2D eigenvalue weighted by molar-refractivity contribution is -0.138. The van der Waals surface area contributed by atoms with E-state index in [1.807, 2.05) is 54.6 Å². The maximum absolute atomic E-state index is 14.1. The normalized spacial score (nSPS) is 17.2. The van der Waals surface area contributed by atoms with E-state index in [-0.39, 0.29) is 24.5 Å². The van der Waals surface area contributed by atoms with Gasteiger partial charge >= 0.3 is 5.97 Å². The number of carbonyl (C=O) groups excluding carboxylic acids is 1. The third-order valence-corrected chi connectivity index (χ3v) is 7.93. The second kappa shape index (κ2) is 10.3. The van der Waals surface area contributed by atoms with E-state index in [9.17, 15) is 9.59 Å². The first-order chi connectivity index (χ1) is 20.1. The molecule has 10 heteroatoms. The molecule has 0 spiro atoms. The van der Waals surface area contributed by atoms with Gasteiger partial charge in [0.25, 0.3) is 5.56 Å². The molecule has 1 aromatic heterocycles. The lowest BCUT2D eigenvalue weighted by atomic mass is 9.93. The summed E-state index contributed by atoms with van der Waals surface area (Å²) in [5.41, 5.74) is 2.65. The molecule has 0 fully saturated rings. The van der Waals surface area contributed by atoms with Crippen molar-refractivity contribution in [3.05, 3.63) is 109 Å². The molecular formula is C31H24N2O7S. The Bertz CT molecular complexity index is 1890. The fraction of sp³-hybridized carbons (Fsp3) is 0.194. The van der Waals surface area contributed by atoms with E-state index in [0.29, 0.717) is 56.8 Å². The summed E-state index contributed by atoms with van der Waals surface area (Å²) < 4.78 is 30.1. The summed E-state index contributed by atoms with van der Waals surface area (Å²) in [4.78, 5) is 33.0. The molecule has 4 aromatic rings. The fourth-order valence-electron chi connectivity index (χ4n) is 5.14. The first-order valence-electron chi connectivity index (χ1n) is 13.2. The second-order valence-corrected chi connectivity index (χ2v) is 10.5. The summed E-state index contributed by atoms with van der Waals surface area (Å²) in [7, 11) is 0. The van der Waals surface area contributed by atoms with E-state index in [4.69, 9.17) is 28.7 Å². The van der Waals surface area contributed by atoms with Crippen molar-refractivity contribution >= 4 is 29.1 Å². The SMILES string of the molecule is CCOC(=O)C1=C(c2ccccc2)N=c2sc(=Cc3ccc4c(c3)OCCO4)c(=O)n2[C@H]1c1ccc2c(c1)OCO2. The molecule has 7 rings (SSSR count). The predicted molar refractivity (Wildman–Crippen MR) is 151 cm³/mol. The van der Waals surface area contributed by atoms with Crippen LogP contribution in [0.15, 0.2) is 82.1 Å². The molecule has 0 radical (unpaired) electrons. The number of hydrogen-bond acceptors (Lipinski definition) is 9. The largest absolute Gasteiger partial charge is 0.486 e. The summed E-state index contributed by atoms with van der Waals surface area (Å²) in [5.74, 6) is 1.90. The van der Waals surface area contributed by atoms with Crippen LogP contribution in [0.2, 0.25) is 0 Å². The number of rotatable bonds is 5. The third-order valence-electron chi connectivity index (χ3n) is 6.95. The van der Waals surface area contributed by atoms with Gasteiger partial charge in [-0.15, -0.1) is 0 Å². The first-order valence-corrected chi connectivity index (χ1v) is 14.0. The summed E-state index contributed by atoms with van der Waals surface area (Å²) in [6, 6.07) is 19.6. The van der Waals surface area contributed by atoms with Crippen molar-refractivity contribution in [3.63, 3.8) is 0 Å². The van der Waals surface area contributed by atoms with Crippen LogP contribution in [0.25, 0.3) is 11.8 Å². The summed E-state index contributed by atoms with van der Waals surface area (Å²) in [6.07, 6.45) is 1.80. The summed E-state index contributed by atoms with van der Waals surface area (Å²) >= 11 is 1.26. The molecule has 0 bridgehead atoms. The van der Waals surface area contributed by atoms with Gasteiger partial charge in [0.05, 0.1) is 28.5 Å². The van der Waals surface area contributed by atoms with Crippen LogP contribution in [0.5, 0.6) is 23.0 Å². The zero-order valence-corrected chi connectivity index (χ0v) is 22.8. The highest BCUT2D eigenvalue weighted by Crippen LogP contribution is 2.40. The number of benzene rings is 3. The van der Waals surface area contributed by atoms with E-state index >= 15 is 0 Å². The molecule has 0 saturated heterocycles. The molecule has 0 unspecified atom stereocenters. The molecule has 0 N–H and O–H groups in total. The molecule has 3 aliphatic rings. The van der Waals surface area contributed by atoms with E-state index < -0.39 is 12.0 Å². The van der Waals surface area contributed by atoms with Crippen LogP contribution in [0, 0.1) is 0 Å². The van der Waals surface area contributed by atoms with Gasteiger partial charge in [-0.1, -0.05) is 53.8 Å². The minimum absolute atomic E-state index is 0.104. The number of esters is 1. The molecule has 206 valence electrons. The molecule has 3 aromatic carbocycles. The molecular weight excluding hydrogens is 544 g/mol. The van der Waals surface area contributed by atoms with E-state index in [0.717, 1.165) is 11.1 Å². The molecule has 0 amide bonds. The smallest absolute Gasteiger partial charge is 0.338 e.